The van der Waals surface area contributed by atoms with Gasteiger partial charge in [-0.05, 0) is 19.1 Å². The Bertz CT molecular complexity index is 483. The van der Waals surface area contributed by atoms with Crippen LogP contribution >= 0.6 is 11.3 Å². The molecule has 16 heavy (non-hydrogen) atoms. The van der Waals surface area contributed by atoms with E-state index in [1.807, 2.05) is 19.1 Å². The SMILES string of the molecule is Cc1ccc(C(=O)CNc2ncncn2)s1. The Morgan fingerprint density at radius 1 is 1.38 bits per heavy atom. The first-order valence-corrected chi connectivity index (χ1v) is 5.53. The van der Waals surface area contributed by atoms with Crippen LogP contribution in [0.1, 0.15) is 14.5 Å². The number of anilines is 1. The quantitative estimate of drug-likeness (QED) is 0.813. The molecule has 0 fully saturated rings. The summed E-state index contributed by atoms with van der Waals surface area (Å²) in [6.07, 6.45) is 2.77. The number of hydrogen-bond donors (Lipinski definition) is 1. The lowest BCUT2D eigenvalue weighted by Gasteiger charge is -2.00. The van der Waals surface area contributed by atoms with Gasteiger partial charge >= 0.3 is 0 Å². The maximum atomic E-state index is 11.7. The summed E-state index contributed by atoms with van der Waals surface area (Å²) in [7, 11) is 0. The average molecular weight is 234 g/mol. The molecule has 1 N–H and O–H groups in total. The van der Waals surface area contributed by atoms with Crippen LogP contribution in [0.15, 0.2) is 24.8 Å². The summed E-state index contributed by atoms with van der Waals surface area (Å²) >= 11 is 1.49. The number of aryl methyl sites for hydroxylation is 1. The van der Waals surface area contributed by atoms with Crippen LogP contribution in [-0.4, -0.2) is 27.3 Å². The van der Waals surface area contributed by atoms with Crippen LogP contribution in [-0.2, 0) is 0 Å². The molecule has 0 bridgehead atoms. The van der Waals surface area contributed by atoms with E-state index in [9.17, 15) is 4.79 Å². The molecule has 0 spiro atoms. The third kappa shape index (κ3) is 2.60. The predicted molar refractivity (Wildman–Crippen MR) is 61.7 cm³/mol. The molecule has 0 aliphatic rings. The lowest BCUT2D eigenvalue weighted by atomic mass is 10.3. The van der Waals surface area contributed by atoms with E-state index in [2.05, 4.69) is 20.3 Å². The number of hydrogen-bond acceptors (Lipinski definition) is 6. The molecule has 0 atom stereocenters. The summed E-state index contributed by atoms with van der Waals surface area (Å²) in [5.41, 5.74) is 0. The third-order valence-electron chi connectivity index (χ3n) is 1.92. The highest BCUT2D eigenvalue weighted by Crippen LogP contribution is 2.15. The molecule has 0 saturated carbocycles. The second-order valence-electron chi connectivity index (χ2n) is 3.15. The molecule has 6 heteroatoms. The van der Waals surface area contributed by atoms with Crippen molar-refractivity contribution in [1.29, 1.82) is 0 Å². The van der Waals surface area contributed by atoms with Gasteiger partial charge in [0, 0.05) is 4.88 Å². The Hall–Kier alpha value is -1.82. The molecule has 0 saturated heterocycles. The summed E-state index contributed by atoms with van der Waals surface area (Å²) in [4.78, 5) is 25.0. The van der Waals surface area contributed by atoms with Gasteiger partial charge in [-0.25, -0.2) is 15.0 Å². The highest BCUT2D eigenvalue weighted by molar-refractivity contribution is 7.14. The molecule has 82 valence electrons. The monoisotopic (exact) mass is 234 g/mol. The fourth-order valence-electron chi connectivity index (χ4n) is 1.16. The summed E-state index contributed by atoms with van der Waals surface area (Å²) in [6.45, 7) is 2.17. The Labute approximate surface area is 96.6 Å². The van der Waals surface area contributed by atoms with Gasteiger partial charge in [0.15, 0.2) is 5.78 Å². The number of rotatable bonds is 4. The van der Waals surface area contributed by atoms with Crippen LogP contribution in [0.3, 0.4) is 0 Å². The molecule has 0 aromatic carbocycles. The normalized spacial score (nSPS) is 10.1. The number of thiophene rings is 1. The molecular formula is C10H10N4OS. The lowest BCUT2D eigenvalue weighted by Crippen LogP contribution is -2.14. The minimum atomic E-state index is 0.0403. The molecule has 2 aromatic heterocycles. The van der Waals surface area contributed by atoms with E-state index in [1.54, 1.807) is 0 Å². The smallest absolute Gasteiger partial charge is 0.226 e. The zero-order valence-electron chi connectivity index (χ0n) is 8.67. The molecule has 2 heterocycles. The standard InChI is InChI=1S/C10H10N4OS/c1-7-2-3-9(16-7)8(15)4-12-10-13-5-11-6-14-10/h2-3,5-6H,4H2,1H3,(H,11,12,13,14). The zero-order chi connectivity index (χ0) is 11.4. The summed E-state index contributed by atoms with van der Waals surface area (Å²) in [5.74, 6) is 0.454. The minimum Gasteiger partial charge on any atom is -0.347 e. The molecule has 0 aliphatic carbocycles. The Morgan fingerprint density at radius 2 is 2.12 bits per heavy atom. The van der Waals surface area contributed by atoms with Gasteiger partial charge in [-0.1, -0.05) is 0 Å². The average Bonchev–Trinajstić information content (AvgIpc) is 2.74. The lowest BCUT2D eigenvalue weighted by molar-refractivity contribution is 0.101. The fraction of sp³-hybridized carbons (Fsp3) is 0.200. The van der Waals surface area contributed by atoms with Crippen molar-refractivity contribution in [2.24, 2.45) is 0 Å². The number of nitrogens with one attached hydrogen (secondary N) is 1. The minimum absolute atomic E-state index is 0.0403. The van der Waals surface area contributed by atoms with E-state index < -0.39 is 0 Å². The van der Waals surface area contributed by atoms with Crippen LogP contribution in [0, 0.1) is 6.92 Å². The van der Waals surface area contributed by atoms with Gasteiger partial charge < -0.3 is 5.32 Å². The van der Waals surface area contributed by atoms with Crippen molar-refractivity contribution in [1.82, 2.24) is 15.0 Å². The van der Waals surface area contributed by atoms with Crippen LogP contribution in [0.5, 0.6) is 0 Å². The second-order valence-corrected chi connectivity index (χ2v) is 4.44. The number of Topliss-reactive ketones (excluding diaryl/α,β-unsaturated/α-hetero) is 1. The van der Waals surface area contributed by atoms with E-state index in [4.69, 9.17) is 0 Å². The van der Waals surface area contributed by atoms with Gasteiger partial charge in [0.05, 0.1) is 11.4 Å². The highest BCUT2D eigenvalue weighted by atomic mass is 32.1. The van der Waals surface area contributed by atoms with E-state index in [-0.39, 0.29) is 12.3 Å². The molecule has 5 nitrogen and oxygen atoms in total. The van der Waals surface area contributed by atoms with Gasteiger partial charge in [-0.15, -0.1) is 11.3 Å². The molecule has 2 aromatic rings. The first-order valence-electron chi connectivity index (χ1n) is 4.71. The van der Waals surface area contributed by atoms with E-state index in [0.29, 0.717) is 5.95 Å². The predicted octanol–water partition coefficient (Wildman–Crippen LogP) is 1.54. The first-order chi connectivity index (χ1) is 7.75. The zero-order valence-corrected chi connectivity index (χ0v) is 9.49. The van der Waals surface area contributed by atoms with Crippen molar-refractivity contribution in [3.63, 3.8) is 0 Å². The van der Waals surface area contributed by atoms with Gasteiger partial charge in [-0.2, -0.15) is 0 Å². The number of carbonyl (C=O) groups excluding carboxylic acids is 1. The Balaban J connectivity index is 1.94. The number of carbonyl (C=O) groups is 1. The molecule has 0 radical (unpaired) electrons. The fourth-order valence-corrected chi connectivity index (χ4v) is 1.97. The van der Waals surface area contributed by atoms with Crippen LogP contribution < -0.4 is 5.32 Å². The maximum absolute atomic E-state index is 11.7. The van der Waals surface area contributed by atoms with E-state index in [1.165, 1.54) is 24.0 Å². The third-order valence-corrected chi connectivity index (χ3v) is 2.96. The summed E-state index contributed by atoms with van der Waals surface area (Å²) in [6, 6.07) is 3.76. The molecular weight excluding hydrogens is 224 g/mol. The Morgan fingerprint density at radius 3 is 2.75 bits per heavy atom. The van der Waals surface area contributed by atoms with Gasteiger partial charge in [0.2, 0.25) is 5.95 Å². The topological polar surface area (TPSA) is 67.8 Å². The number of ketones is 1. The summed E-state index contributed by atoms with van der Waals surface area (Å²) < 4.78 is 0. The van der Waals surface area contributed by atoms with Crippen molar-refractivity contribution in [2.45, 2.75) is 6.92 Å². The van der Waals surface area contributed by atoms with Crippen molar-refractivity contribution in [3.05, 3.63) is 34.5 Å². The van der Waals surface area contributed by atoms with Gasteiger partial charge in [0.25, 0.3) is 0 Å². The van der Waals surface area contributed by atoms with Crippen LogP contribution in [0.2, 0.25) is 0 Å². The molecule has 0 unspecified atom stereocenters. The van der Waals surface area contributed by atoms with Crippen LogP contribution in [0.25, 0.3) is 0 Å². The van der Waals surface area contributed by atoms with E-state index in [0.717, 1.165) is 9.75 Å². The van der Waals surface area contributed by atoms with Gasteiger partial charge in [-0.3, -0.25) is 4.79 Å². The summed E-state index contributed by atoms with van der Waals surface area (Å²) in [5, 5.41) is 2.85. The van der Waals surface area contributed by atoms with Crippen molar-refractivity contribution < 1.29 is 4.79 Å². The van der Waals surface area contributed by atoms with Gasteiger partial charge in [0.1, 0.15) is 12.7 Å². The molecule has 0 aliphatic heterocycles. The Kier molecular flexibility index (Phi) is 3.21. The van der Waals surface area contributed by atoms with Crippen molar-refractivity contribution in [2.75, 3.05) is 11.9 Å². The van der Waals surface area contributed by atoms with E-state index >= 15 is 0 Å². The van der Waals surface area contributed by atoms with Crippen LogP contribution in [0.4, 0.5) is 5.95 Å². The number of aromatic nitrogens is 3. The number of nitrogens with zero attached hydrogens (tertiary/aromatic N) is 3. The first kappa shape index (κ1) is 10.7. The highest BCUT2D eigenvalue weighted by Gasteiger charge is 2.08. The maximum Gasteiger partial charge on any atom is 0.226 e. The van der Waals surface area contributed by atoms with Crippen molar-refractivity contribution in [3.8, 4) is 0 Å². The molecule has 0 amide bonds. The largest absolute Gasteiger partial charge is 0.347 e. The second kappa shape index (κ2) is 4.80. The van der Waals surface area contributed by atoms with Crippen molar-refractivity contribution >= 4 is 23.1 Å². The molecule has 2 rings (SSSR count).